The maximum Gasteiger partial charge on any atom is 0.417 e. The second kappa shape index (κ2) is 7.29. The second-order valence-electron chi connectivity index (χ2n) is 5.25. The van der Waals surface area contributed by atoms with Gasteiger partial charge < -0.3 is 4.74 Å². The molecule has 3 nitrogen and oxygen atoms in total. The summed E-state index contributed by atoms with van der Waals surface area (Å²) in [6, 6.07) is 27.0. The van der Waals surface area contributed by atoms with Crippen molar-refractivity contribution in [2.45, 2.75) is 0 Å². The lowest BCUT2D eigenvalue weighted by Crippen LogP contribution is -2.12. The number of para-hydroxylation sites is 1. The molecule has 0 bridgehead atoms. The summed E-state index contributed by atoms with van der Waals surface area (Å²) in [4.78, 5) is 11.9. The predicted octanol–water partition coefficient (Wildman–Crippen LogP) is 5.57. The molecule has 0 atom stereocenters. The molecule has 0 saturated heterocycles. The number of amides is 1. The maximum absolute atomic E-state index is 11.9. The fourth-order valence-corrected chi connectivity index (χ4v) is 2.31. The van der Waals surface area contributed by atoms with Crippen molar-refractivity contribution in [1.82, 2.24) is 0 Å². The fraction of sp³-hybridized carbons (Fsp3) is 0. The first-order valence-corrected chi connectivity index (χ1v) is 7.61. The molecule has 0 saturated carbocycles. The third kappa shape index (κ3) is 3.90. The molecule has 3 rings (SSSR count). The van der Waals surface area contributed by atoms with E-state index in [0.29, 0.717) is 11.4 Å². The summed E-state index contributed by atoms with van der Waals surface area (Å²) < 4.78 is 5.24. The summed E-state index contributed by atoms with van der Waals surface area (Å²) in [7, 11) is 0. The molecule has 3 aromatic carbocycles. The van der Waals surface area contributed by atoms with Crippen LogP contribution < -0.4 is 5.32 Å². The predicted molar refractivity (Wildman–Crippen MR) is 97.5 cm³/mol. The van der Waals surface area contributed by atoms with Crippen molar-refractivity contribution in [2.24, 2.45) is 0 Å². The summed E-state index contributed by atoms with van der Waals surface area (Å²) in [6.45, 7) is 3.83. The monoisotopic (exact) mass is 315 g/mol. The number of carbonyl (C=O) groups excluding carboxylic acids is 1. The smallest absolute Gasteiger partial charge is 0.410 e. The van der Waals surface area contributed by atoms with Gasteiger partial charge in [0.05, 0.1) is 0 Å². The molecule has 0 spiro atoms. The van der Waals surface area contributed by atoms with Gasteiger partial charge in [0.2, 0.25) is 0 Å². The van der Waals surface area contributed by atoms with E-state index in [4.69, 9.17) is 4.74 Å². The van der Waals surface area contributed by atoms with Gasteiger partial charge >= 0.3 is 6.09 Å². The number of rotatable bonds is 4. The first-order valence-electron chi connectivity index (χ1n) is 7.61. The van der Waals surface area contributed by atoms with Gasteiger partial charge in [0.1, 0.15) is 5.76 Å². The van der Waals surface area contributed by atoms with Crippen LogP contribution in [-0.4, -0.2) is 6.09 Å². The van der Waals surface area contributed by atoms with Crippen LogP contribution in [0, 0.1) is 0 Å². The van der Waals surface area contributed by atoms with Crippen molar-refractivity contribution in [2.75, 3.05) is 5.32 Å². The Morgan fingerprint density at radius 2 is 1.29 bits per heavy atom. The van der Waals surface area contributed by atoms with Gasteiger partial charge in [-0.1, -0.05) is 79.4 Å². The van der Waals surface area contributed by atoms with Crippen LogP contribution >= 0.6 is 0 Å². The minimum absolute atomic E-state index is 0.308. The Hall–Kier alpha value is -3.33. The standard InChI is InChI=1S/C21H17NO2/c1-16(24-21(23)22-20-10-6-3-7-11-20)17-12-14-19(15-13-17)18-8-4-2-5-9-18/h2-15H,1H2,(H,22,23). The van der Waals surface area contributed by atoms with Crippen molar-refractivity contribution in [1.29, 1.82) is 0 Å². The molecule has 118 valence electrons. The van der Waals surface area contributed by atoms with Gasteiger partial charge in [-0.25, -0.2) is 4.79 Å². The van der Waals surface area contributed by atoms with E-state index in [0.717, 1.165) is 16.7 Å². The lowest BCUT2D eigenvalue weighted by atomic mass is 10.0. The van der Waals surface area contributed by atoms with Crippen molar-refractivity contribution in [3.05, 3.63) is 97.1 Å². The molecule has 0 aliphatic carbocycles. The summed E-state index contributed by atoms with van der Waals surface area (Å²) in [5.41, 5.74) is 3.67. The molecule has 0 aromatic heterocycles. The molecule has 3 heteroatoms. The minimum Gasteiger partial charge on any atom is -0.410 e. The molecule has 0 aliphatic heterocycles. The third-order valence-electron chi connectivity index (χ3n) is 3.55. The van der Waals surface area contributed by atoms with Crippen molar-refractivity contribution < 1.29 is 9.53 Å². The molecule has 24 heavy (non-hydrogen) atoms. The summed E-state index contributed by atoms with van der Waals surface area (Å²) >= 11 is 0. The summed E-state index contributed by atoms with van der Waals surface area (Å²) in [5, 5.41) is 2.66. The molecule has 0 unspecified atom stereocenters. The van der Waals surface area contributed by atoms with Crippen LogP contribution in [0.5, 0.6) is 0 Å². The Labute approximate surface area is 141 Å². The average molecular weight is 315 g/mol. The Balaban J connectivity index is 1.64. The highest BCUT2D eigenvalue weighted by Gasteiger charge is 2.08. The van der Waals surface area contributed by atoms with Gasteiger partial charge in [-0.05, 0) is 23.3 Å². The van der Waals surface area contributed by atoms with E-state index in [-0.39, 0.29) is 0 Å². The molecular formula is C21H17NO2. The number of ether oxygens (including phenoxy) is 1. The van der Waals surface area contributed by atoms with Crippen LogP contribution in [0.15, 0.2) is 91.5 Å². The SMILES string of the molecule is C=C(OC(=O)Nc1ccccc1)c1ccc(-c2ccccc2)cc1. The van der Waals surface area contributed by atoms with Crippen LogP contribution in [0.25, 0.3) is 16.9 Å². The van der Waals surface area contributed by atoms with E-state index >= 15 is 0 Å². The zero-order valence-corrected chi connectivity index (χ0v) is 13.1. The molecule has 1 amide bonds. The number of carbonyl (C=O) groups is 1. The van der Waals surface area contributed by atoms with Crippen LogP contribution in [0.2, 0.25) is 0 Å². The second-order valence-corrected chi connectivity index (χ2v) is 5.25. The van der Waals surface area contributed by atoms with E-state index in [9.17, 15) is 4.79 Å². The van der Waals surface area contributed by atoms with Gasteiger partial charge in [0.25, 0.3) is 0 Å². The zero-order valence-electron chi connectivity index (χ0n) is 13.1. The lowest BCUT2D eigenvalue weighted by Gasteiger charge is -2.10. The quantitative estimate of drug-likeness (QED) is 0.639. The van der Waals surface area contributed by atoms with Gasteiger partial charge in [0.15, 0.2) is 0 Å². The molecule has 3 aromatic rings. The highest BCUT2D eigenvalue weighted by Crippen LogP contribution is 2.22. The van der Waals surface area contributed by atoms with Crippen molar-refractivity contribution in [3.63, 3.8) is 0 Å². The van der Waals surface area contributed by atoms with Crippen molar-refractivity contribution in [3.8, 4) is 11.1 Å². The molecule has 0 heterocycles. The van der Waals surface area contributed by atoms with Crippen molar-refractivity contribution >= 4 is 17.5 Å². The van der Waals surface area contributed by atoms with Gasteiger partial charge in [0, 0.05) is 11.3 Å². The summed E-state index contributed by atoms with van der Waals surface area (Å²) in [5.74, 6) is 0.308. The van der Waals surface area contributed by atoms with Gasteiger partial charge in [-0.15, -0.1) is 0 Å². The maximum atomic E-state index is 11.9. The van der Waals surface area contributed by atoms with Crippen LogP contribution in [0.4, 0.5) is 10.5 Å². The van der Waals surface area contributed by atoms with Gasteiger partial charge in [-0.2, -0.15) is 0 Å². The topological polar surface area (TPSA) is 38.3 Å². The lowest BCUT2D eigenvalue weighted by molar-refractivity contribution is 0.207. The summed E-state index contributed by atoms with van der Waals surface area (Å²) in [6.07, 6.45) is -0.557. The highest BCUT2D eigenvalue weighted by atomic mass is 16.6. The number of hydrogen-bond donors (Lipinski definition) is 1. The minimum atomic E-state index is -0.557. The Morgan fingerprint density at radius 3 is 1.92 bits per heavy atom. The Bertz CT molecular complexity index is 825. The Morgan fingerprint density at radius 1 is 0.750 bits per heavy atom. The van der Waals surface area contributed by atoms with E-state index in [1.165, 1.54) is 0 Å². The van der Waals surface area contributed by atoms with E-state index in [1.54, 1.807) is 12.1 Å². The van der Waals surface area contributed by atoms with E-state index < -0.39 is 6.09 Å². The Kier molecular flexibility index (Phi) is 4.73. The van der Waals surface area contributed by atoms with Crippen LogP contribution in [-0.2, 0) is 4.74 Å². The highest BCUT2D eigenvalue weighted by molar-refractivity contribution is 5.88. The van der Waals surface area contributed by atoms with E-state index in [1.807, 2.05) is 72.8 Å². The first-order chi connectivity index (χ1) is 11.7. The normalized spacial score (nSPS) is 10.0. The number of hydrogen-bond acceptors (Lipinski definition) is 2. The largest absolute Gasteiger partial charge is 0.417 e. The zero-order chi connectivity index (χ0) is 16.8. The number of benzene rings is 3. The average Bonchev–Trinajstić information content (AvgIpc) is 2.63. The van der Waals surface area contributed by atoms with Gasteiger partial charge in [-0.3, -0.25) is 5.32 Å². The van der Waals surface area contributed by atoms with Crippen LogP contribution in [0.3, 0.4) is 0 Å². The molecule has 0 radical (unpaired) electrons. The molecule has 0 aliphatic rings. The first kappa shape index (κ1) is 15.6. The van der Waals surface area contributed by atoms with Crippen LogP contribution in [0.1, 0.15) is 5.56 Å². The molecular weight excluding hydrogens is 298 g/mol. The third-order valence-corrected chi connectivity index (χ3v) is 3.55. The molecule has 0 fully saturated rings. The number of anilines is 1. The van der Waals surface area contributed by atoms with E-state index in [2.05, 4.69) is 11.9 Å². The fourth-order valence-electron chi connectivity index (χ4n) is 2.31. The molecule has 1 N–H and O–H groups in total. The number of nitrogens with one attached hydrogen (secondary N) is 1.